The Morgan fingerprint density at radius 1 is 0.309 bits per heavy atom. The van der Waals surface area contributed by atoms with E-state index >= 15 is 0 Å². The molecule has 40 atom stereocenters. The van der Waals surface area contributed by atoms with E-state index in [-0.39, 0.29) is 38.3 Å². The molecule has 0 bridgehead atoms. The van der Waals surface area contributed by atoms with Gasteiger partial charge in [-0.15, -0.1) is 0 Å². The first-order valence-corrected chi connectivity index (χ1v) is 46.6. The predicted molar refractivity (Wildman–Crippen MR) is 450 cm³/mol. The molecule has 8 aliphatic heterocycles. The van der Waals surface area contributed by atoms with E-state index in [1.807, 2.05) is 32.0 Å². The summed E-state index contributed by atoms with van der Waals surface area (Å²) in [5.74, 6) is -4.61. The molecule has 8 fully saturated rings. The molecule has 0 saturated carbocycles. The van der Waals surface area contributed by atoms with Crippen molar-refractivity contribution in [3.63, 3.8) is 0 Å². The molecular formula is C83H117N9O42S2. The Hall–Kier alpha value is -6.81. The molecule has 4 aromatic carbocycles. The van der Waals surface area contributed by atoms with E-state index in [2.05, 4.69) is 50.2 Å². The van der Waals surface area contributed by atoms with E-state index in [0.29, 0.717) is 16.7 Å². The summed E-state index contributed by atoms with van der Waals surface area (Å²) in [4.78, 5) is 31.5. The molecule has 0 spiro atoms. The lowest BCUT2D eigenvalue weighted by Crippen LogP contribution is -2.66. The molecule has 53 heteroatoms. The van der Waals surface area contributed by atoms with Gasteiger partial charge in [-0.3, -0.25) is 9.11 Å². The van der Waals surface area contributed by atoms with Crippen molar-refractivity contribution < 1.29 is 200 Å². The van der Waals surface area contributed by atoms with Gasteiger partial charge in [0.15, 0.2) is 74.7 Å². The standard InChI is InChI=1S/C83H117N9O42S2/c1-40-41(2)76(105-11)116-54(32-93)61(40)120-81-73(128-132-96)69(107-35-51-26-18-13-19-27-51)66(47(8)113-81)124-77-58(87-90-84)43(4)62(55(33-94)117-77)121-82-74(129-133-97)70(108-36-52-28-20-14-21-29-52)67(48(9)114-82)125-79-60(89-92-86)45(6)64(57(119-79)39-111-136(102,103)104)123-83-75(130-134-98)71(109-37-53-30-22-15-23-31-53)68(49(10)115-83)126-78-59(88-91-85)44(5)63(56(118-78)38-110-135(99,100)101)122-80-72(127-131-95)65(42(3)46(7)112-80)106-34-50-24-16-12-17-25-50/h12-31,40-49,54-83,93-98H,32-39H2,1-11H3,(H,99,100,101)(H,102,103,104)/t40-,41?,42-,43-,44-,45-,46?,47?,48?,49?,54?,55?,56?,57?,58?,59?,60?,61+,62+,63+,64+,65-,66?,67+,68+,69-,70-,71-,72?,73?,74?,75?,76+,77-,78+,79+,80+,81+,82+,83+/m1/s1. The summed E-state index contributed by atoms with van der Waals surface area (Å²) >= 11 is 0. The monoisotopic (exact) mass is 1980 g/mol. The second kappa shape index (κ2) is 51.2. The highest BCUT2D eigenvalue weighted by atomic mass is 32.3. The predicted octanol–water partition coefficient (Wildman–Crippen LogP) is 8.19. The van der Waals surface area contributed by atoms with Crippen molar-refractivity contribution in [2.45, 2.75) is 305 Å². The Morgan fingerprint density at radius 3 is 0.846 bits per heavy atom. The van der Waals surface area contributed by atoms with Crippen LogP contribution in [0.2, 0.25) is 0 Å². The van der Waals surface area contributed by atoms with E-state index in [1.54, 1.807) is 131 Å². The molecule has 8 saturated heterocycles. The zero-order valence-corrected chi connectivity index (χ0v) is 77.2. The van der Waals surface area contributed by atoms with Gasteiger partial charge in [0, 0.05) is 33.7 Å². The van der Waals surface area contributed by atoms with Crippen LogP contribution in [0.25, 0.3) is 31.3 Å². The zero-order valence-electron chi connectivity index (χ0n) is 75.6. The minimum atomic E-state index is -5.40. The first-order chi connectivity index (χ1) is 65.4. The minimum absolute atomic E-state index is 0.0401. The third-order valence-electron chi connectivity index (χ3n) is 25.6. The maximum atomic E-state index is 12.8. The van der Waals surface area contributed by atoms with Gasteiger partial charge in [0.05, 0.1) is 126 Å². The molecule has 12 rings (SSSR count). The third kappa shape index (κ3) is 27.3. The fourth-order valence-electron chi connectivity index (χ4n) is 18.2. The largest absolute Gasteiger partial charge is 0.397 e. The summed E-state index contributed by atoms with van der Waals surface area (Å²) < 4.78 is 211. The van der Waals surface area contributed by atoms with Gasteiger partial charge in [-0.2, -0.15) is 36.4 Å². The quantitative estimate of drug-likeness (QED) is 0.00516. The Balaban J connectivity index is 0.810. The zero-order chi connectivity index (χ0) is 97.7. The van der Waals surface area contributed by atoms with Crippen molar-refractivity contribution in [2.24, 2.45) is 50.9 Å². The number of aliphatic hydroxyl groups is 2. The van der Waals surface area contributed by atoms with Crippen molar-refractivity contribution in [3.05, 3.63) is 175 Å². The molecule has 0 aliphatic carbocycles. The first-order valence-electron chi connectivity index (χ1n) is 43.8. The van der Waals surface area contributed by atoms with Gasteiger partial charge in [-0.05, 0) is 90.2 Å². The van der Waals surface area contributed by atoms with Gasteiger partial charge in [-0.1, -0.05) is 198 Å². The van der Waals surface area contributed by atoms with Gasteiger partial charge in [0.2, 0.25) is 0 Å². The van der Waals surface area contributed by atoms with E-state index < -0.39 is 280 Å². The number of aliphatic hydroxyl groups excluding tert-OH is 2. The molecule has 8 heterocycles. The third-order valence-corrected chi connectivity index (χ3v) is 26.4. The number of methoxy groups -OCH3 is 1. The van der Waals surface area contributed by atoms with Crippen LogP contribution in [-0.2, 0) is 190 Å². The lowest BCUT2D eigenvalue weighted by atomic mass is 9.84. The van der Waals surface area contributed by atoms with E-state index in [9.17, 15) is 73.8 Å². The van der Waals surface area contributed by atoms with Crippen molar-refractivity contribution in [2.75, 3.05) is 33.5 Å². The minimum Gasteiger partial charge on any atom is -0.394 e. The van der Waals surface area contributed by atoms with Crippen LogP contribution in [-0.4, -0.2) is 300 Å². The van der Waals surface area contributed by atoms with E-state index in [4.69, 9.17) is 123 Å². The maximum Gasteiger partial charge on any atom is 0.397 e. The van der Waals surface area contributed by atoms with E-state index in [0.717, 1.165) is 5.56 Å². The molecule has 4 aromatic rings. The summed E-state index contributed by atoms with van der Waals surface area (Å²) in [6.07, 6.45) is -45.1. The number of benzene rings is 4. The number of rotatable bonds is 46. The van der Waals surface area contributed by atoms with Gasteiger partial charge < -0.3 is 105 Å². The average Bonchev–Trinajstić information content (AvgIpc) is 0.759. The molecule has 0 amide bonds. The van der Waals surface area contributed by atoms with Crippen molar-refractivity contribution in [3.8, 4) is 0 Å². The number of hydrogen-bond donors (Lipinski definition) is 8. The van der Waals surface area contributed by atoms with Gasteiger partial charge in [0.25, 0.3) is 0 Å². The van der Waals surface area contributed by atoms with Crippen LogP contribution in [0.1, 0.15) is 91.5 Å². The normalized spacial score (nSPS) is 39.0. The molecule has 8 N–H and O–H groups in total. The van der Waals surface area contributed by atoms with E-state index in [1.165, 1.54) is 34.8 Å². The Bertz CT molecular complexity index is 4670. The summed E-state index contributed by atoms with van der Waals surface area (Å²) in [5, 5.41) is 92.5. The maximum absolute atomic E-state index is 12.8. The van der Waals surface area contributed by atoms with Gasteiger partial charge >= 0.3 is 20.8 Å². The van der Waals surface area contributed by atoms with Crippen molar-refractivity contribution >= 4 is 20.8 Å². The molecule has 136 heavy (non-hydrogen) atoms. The van der Waals surface area contributed by atoms with Crippen molar-refractivity contribution in [1.82, 2.24) is 0 Å². The average molecular weight is 1980 g/mol. The number of hydrogen-bond acceptors (Lipinski definition) is 43. The smallest absolute Gasteiger partial charge is 0.394 e. The van der Waals surface area contributed by atoms with Crippen LogP contribution >= 0.6 is 0 Å². The highest BCUT2D eigenvalue weighted by Crippen LogP contribution is 2.46. The molecule has 758 valence electrons. The van der Waals surface area contributed by atoms with Crippen LogP contribution in [0.3, 0.4) is 0 Å². The Morgan fingerprint density at radius 2 is 0.566 bits per heavy atom. The Kier molecular flexibility index (Phi) is 40.7. The van der Waals surface area contributed by atoms with Crippen LogP contribution in [0.4, 0.5) is 0 Å². The molecule has 0 radical (unpaired) electrons. The second-order valence-electron chi connectivity index (χ2n) is 34.1. The lowest BCUT2D eigenvalue weighted by Gasteiger charge is -2.52. The fourth-order valence-corrected chi connectivity index (χ4v) is 18.8. The van der Waals surface area contributed by atoms with Crippen LogP contribution in [0.5, 0.6) is 0 Å². The number of ether oxygens (including phenoxy) is 20. The van der Waals surface area contributed by atoms with Crippen LogP contribution in [0.15, 0.2) is 137 Å². The topological polar surface area (TPSA) is 653 Å². The summed E-state index contributed by atoms with van der Waals surface area (Å²) in [5.41, 5.74) is 33.7. The SMILES string of the molecule is CO[C@H]1OC(CO)[C@@H](O[C@@H]2OC(C)C(O[C@H]3OC(CO)[C@@H](O[C@@H]4OC(C)[C@H](O[C@@H]5OC(COS(=O)(=O)O)[C@@H](O[C@@H]6OC(C)[C@H](O[C@@H]7OC(COS(=O)(=O)O)[C@@H](O[C@@H]8OC(C)[C@@H](C)[C@@H](OCc9ccccc9)C8OOO)[C@H](C)C7N=[N+]=[N-])[C@@H](OCc7ccccc7)C6OOO)[C@H](C)C5N=[N+]=[N-])[C@@H](OCc5ccccc5)C4OOO)[C@H](C)C3N=[N+]=[N-])[C@@H](OCc3ccccc3)C2OOO)[C@H](C)C1C. The van der Waals surface area contributed by atoms with Crippen molar-refractivity contribution in [1.29, 1.82) is 0 Å². The summed E-state index contributed by atoms with van der Waals surface area (Å²) in [6, 6.07) is 30.5. The summed E-state index contributed by atoms with van der Waals surface area (Å²) in [6.45, 7) is 12.1. The Labute approximate surface area is 781 Å². The van der Waals surface area contributed by atoms with Gasteiger partial charge in [0.1, 0.15) is 61.0 Å². The molecule has 8 aliphatic rings. The van der Waals surface area contributed by atoms with Crippen LogP contribution < -0.4 is 0 Å². The van der Waals surface area contributed by atoms with Gasteiger partial charge in [-0.25, -0.2) is 29.4 Å². The molecule has 0 aromatic heterocycles. The number of nitrogens with zero attached hydrogens (tertiary/aromatic N) is 9. The fraction of sp³-hybridized carbons (Fsp3) is 0.711. The highest BCUT2D eigenvalue weighted by molar-refractivity contribution is 7.81. The highest BCUT2D eigenvalue weighted by Gasteiger charge is 2.61. The molecule has 51 nitrogen and oxygen atoms in total. The van der Waals surface area contributed by atoms with Crippen LogP contribution in [0, 0.1) is 35.5 Å². The summed E-state index contributed by atoms with van der Waals surface area (Å²) in [7, 11) is -9.20. The molecular weight excluding hydrogens is 1860 g/mol. The number of azide groups is 3. The first kappa shape index (κ1) is 108. The molecule has 17 unspecified atom stereocenters. The lowest BCUT2D eigenvalue weighted by molar-refractivity contribution is -0.537. The second-order valence-corrected chi connectivity index (χ2v) is 36.3.